The normalized spacial score (nSPS) is 13.8. The van der Waals surface area contributed by atoms with Crippen LogP contribution in [0.2, 0.25) is 0 Å². The average Bonchev–Trinajstić information content (AvgIpc) is 3.42. The highest BCUT2D eigenvalue weighted by molar-refractivity contribution is 7.98. The molecule has 1 amide bonds. The second-order valence-electron chi connectivity index (χ2n) is 7.40. The van der Waals surface area contributed by atoms with E-state index in [4.69, 9.17) is 0 Å². The molecule has 1 aromatic heterocycles. The molecule has 3 aromatic rings. The van der Waals surface area contributed by atoms with Gasteiger partial charge in [-0.05, 0) is 50.5 Å². The van der Waals surface area contributed by atoms with E-state index in [-0.39, 0.29) is 5.91 Å². The molecule has 0 radical (unpaired) electrons. The molecule has 1 saturated heterocycles. The lowest BCUT2D eigenvalue weighted by molar-refractivity contribution is 0.0793. The van der Waals surface area contributed by atoms with Gasteiger partial charge in [0.25, 0.3) is 5.91 Å². The van der Waals surface area contributed by atoms with Gasteiger partial charge < -0.3 is 9.47 Å². The second-order valence-corrected chi connectivity index (χ2v) is 8.35. The Bertz CT molecular complexity index is 990. The summed E-state index contributed by atoms with van der Waals surface area (Å²) in [6.45, 7) is 6.79. The minimum absolute atomic E-state index is 0.148. The molecule has 150 valence electrons. The summed E-state index contributed by atoms with van der Waals surface area (Å²) >= 11 is 1.68. The summed E-state index contributed by atoms with van der Waals surface area (Å²) in [5.74, 6) is 1.85. The van der Waals surface area contributed by atoms with E-state index < -0.39 is 0 Å². The number of aromatic nitrogens is 3. The predicted molar refractivity (Wildman–Crippen MR) is 117 cm³/mol. The van der Waals surface area contributed by atoms with Gasteiger partial charge in [-0.25, -0.2) is 0 Å². The summed E-state index contributed by atoms with van der Waals surface area (Å²) in [4.78, 5) is 14.4. The maximum absolute atomic E-state index is 12.5. The Morgan fingerprint density at radius 3 is 2.52 bits per heavy atom. The third-order valence-electron chi connectivity index (χ3n) is 5.27. The first-order valence-corrected chi connectivity index (χ1v) is 11.2. The molecule has 1 aliphatic rings. The van der Waals surface area contributed by atoms with E-state index in [2.05, 4.69) is 52.9 Å². The number of nitrogens with zero attached hydrogens (tertiary/aromatic N) is 4. The first-order valence-electron chi connectivity index (χ1n) is 10.2. The topological polar surface area (TPSA) is 51.0 Å². The zero-order valence-corrected chi connectivity index (χ0v) is 17.8. The molecule has 0 aliphatic carbocycles. The number of hydrogen-bond donors (Lipinski definition) is 0. The maximum Gasteiger partial charge on any atom is 0.253 e. The van der Waals surface area contributed by atoms with E-state index >= 15 is 0 Å². The molecule has 29 heavy (non-hydrogen) atoms. The van der Waals surface area contributed by atoms with Gasteiger partial charge >= 0.3 is 0 Å². The van der Waals surface area contributed by atoms with E-state index in [9.17, 15) is 4.79 Å². The van der Waals surface area contributed by atoms with Crippen LogP contribution in [0, 0.1) is 6.92 Å². The van der Waals surface area contributed by atoms with Crippen LogP contribution in [0.3, 0.4) is 0 Å². The lowest BCUT2D eigenvalue weighted by atomic mass is 10.1. The highest BCUT2D eigenvalue weighted by atomic mass is 32.2. The maximum atomic E-state index is 12.5. The highest BCUT2D eigenvalue weighted by Gasteiger charge is 2.19. The van der Waals surface area contributed by atoms with Crippen molar-refractivity contribution in [2.24, 2.45) is 0 Å². The van der Waals surface area contributed by atoms with Crippen LogP contribution in [-0.2, 0) is 12.3 Å². The first-order chi connectivity index (χ1) is 14.2. The van der Waals surface area contributed by atoms with Gasteiger partial charge in [-0.2, -0.15) is 0 Å². The van der Waals surface area contributed by atoms with Crippen LogP contribution in [0.4, 0.5) is 0 Å². The summed E-state index contributed by atoms with van der Waals surface area (Å²) in [7, 11) is 0. The fourth-order valence-electron chi connectivity index (χ4n) is 3.67. The molecule has 6 heteroatoms. The van der Waals surface area contributed by atoms with Gasteiger partial charge in [-0.3, -0.25) is 4.79 Å². The summed E-state index contributed by atoms with van der Waals surface area (Å²) in [6, 6.07) is 16.3. The van der Waals surface area contributed by atoms with Crippen LogP contribution < -0.4 is 0 Å². The van der Waals surface area contributed by atoms with Crippen molar-refractivity contribution in [3.63, 3.8) is 0 Å². The van der Waals surface area contributed by atoms with Crippen molar-refractivity contribution in [1.82, 2.24) is 19.7 Å². The minimum atomic E-state index is 0.148. The van der Waals surface area contributed by atoms with Crippen molar-refractivity contribution in [3.05, 3.63) is 65.2 Å². The van der Waals surface area contributed by atoms with Crippen molar-refractivity contribution >= 4 is 17.7 Å². The second kappa shape index (κ2) is 8.82. The Morgan fingerprint density at radius 1 is 1.07 bits per heavy atom. The van der Waals surface area contributed by atoms with E-state index in [1.807, 2.05) is 29.2 Å². The van der Waals surface area contributed by atoms with Gasteiger partial charge in [0.05, 0.1) is 0 Å². The van der Waals surface area contributed by atoms with Crippen molar-refractivity contribution in [2.45, 2.75) is 44.1 Å². The van der Waals surface area contributed by atoms with Crippen molar-refractivity contribution < 1.29 is 4.79 Å². The molecule has 0 unspecified atom stereocenters. The summed E-state index contributed by atoms with van der Waals surface area (Å²) < 4.78 is 2.16. The van der Waals surface area contributed by atoms with Gasteiger partial charge in [0.1, 0.15) is 0 Å². The van der Waals surface area contributed by atoms with Crippen LogP contribution in [-0.4, -0.2) is 38.7 Å². The largest absolute Gasteiger partial charge is 0.339 e. The molecule has 2 heterocycles. The lowest BCUT2D eigenvalue weighted by Crippen LogP contribution is -2.27. The summed E-state index contributed by atoms with van der Waals surface area (Å²) in [6.07, 6.45) is 2.23. The van der Waals surface area contributed by atoms with Crippen LogP contribution in [0.25, 0.3) is 11.4 Å². The Morgan fingerprint density at radius 2 is 1.83 bits per heavy atom. The first kappa shape index (κ1) is 19.7. The number of carbonyl (C=O) groups excluding carboxylic acids is 1. The van der Waals surface area contributed by atoms with Crippen LogP contribution >= 0.6 is 11.8 Å². The number of thioether (sulfide) groups is 1. The number of benzene rings is 2. The number of amides is 1. The van der Waals surface area contributed by atoms with Gasteiger partial charge in [0.2, 0.25) is 0 Å². The number of hydrogen-bond acceptors (Lipinski definition) is 4. The number of likely N-dealkylation sites (tertiary alicyclic amines) is 1. The highest BCUT2D eigenvalue weighted by Crippen LogP contribution is 2.27. The Balaban J connectivity index is 1.44. The summed E-state index contributed by atoms with van der Waals surface area (Å²) in [5.41, 5.74) is 4.26. The third kappa shape index (κ3) is 4.37. The molecule has 0 N–H and O–H groups in total. The van der Waals surface area contributed by atoms with Crippen molar-refractivity contribution in [2.75, 3.05) is 13.1 Å². The van der Waals surface area contributed by atoms with Crippen LogP contribution in [0.5, 0.6) is 0 Å². The number of aryl methyl sites for hydroxylation is 1. The van der Waals surface area contributed by atoms with Gasteiger partial charge in [0.15, 0.2) is 11.0 Å². The van der Waals surface area contributed by atoms with E-state index in [0.717, 1.165) is 60.3 Å². The van der Waals surface area contributed by atoms with Gasteiger partial charge in [-0.15, -0.1) is 10.2 Å². The fourth-order valence-corrected chi connectivity index (χ4v) is 4.63. The zero-order valence-electron chi connectivity index (χ0n) is 17.0. The quantitative estimate of drug-likeness (QED) is 0.552. The molecule has 0 atom stereocenters. The van der Waals surface area contributed by atoms with Crippen molar-refractivity contribution in [1.29, 1.82) is 0 Å². The molecule has 0 saturated carbocycles. The summed E-state index contributed by atoms with van der Waals surface area (Å²) in [5, 5.41) is 9.77. The molecule has 4 rings (SSSR count). The smallest absolute Gasteiger partial charge is 0.253 e. The Hall–Kier alpha value is -2.60. The standard InChI is InChI=1S/C23H26N4OS/c1-3-27-21(20-8-6-7-17(2)15-20)24-25-23(27)29-16-18-9-11-19(12-10-18)22(28)26-13-4-5-14-26/h6-12,15H,3-5,13-14,16H2,1-2H3. The molecular weight excluding hydrogens is 380 g/mol. The molecule has 0 spiro atoms. The Labute approximate surface area is 176 Å². The molecule has 2 aromatic carbocycles. The van der Waals surface area contributed by atoms with Crippen LogP contribution in [0.1, 0.15) is 41.3 Å². The zero-order chi connectivity index (χ0) is 20.2. The van der Waals surface area contributed by atoms with E-state index in [1.54, 1.807) is 11.8 Å². The average molecular weight is 407 g/mol. The molecular formula is C23H26N4OS. The fraction of sp³-hybridized carbons (Fsp3) is 0.348. The third-order valence-corrected chi connectivity index (χ3v) is 6.31. The van der Waals surface area contributed by atoms with Crippen LogP contribution in [0.15, 0.2) is 53.7 Å². The SMILES string of the molecule is CCn1c(SCc2ccc(C(=O)N3CCCC3)cc2)nnc1-c1cccc(C)c1. The molecule has 1 fully saturated rings. The molecule has 1 aliphatic heterocycles. The molecule has 0 bridgehead atoms. The monoisotopic (exact) mass is 406 g/mol. The Kier molecular flexibility index (Phi) is 6.00. The van der Waals surface area contributed by atoms with Gasteiger partial charge in [0, 0.05) is 36.5 Å². The number of rotatable bonds is 6. The minimum Gasteiger partial charge on any atom is -0.339 e. The molecule has 5 nitrogen and oxygen atoms in total. The predicted octanol–water partition coefficient (Wildman–Crippen LogP) is 4.80. The van der Waals surface area contributed by atoms with E-state index in [1.165, 1.54) is 11.1 Å². The van der Waals surface area contributed by atoms with Gasteiger partial charge in [-0.1, -0.05) is 47.7 Å². The van der Waals surface area contributed by atoms with E-state index in [0.29, 0.717) is 0 Å². The number of carbonyl (C=O) groups is 1. The lowest BCUT2D eigenvalue weighted by Gasteiger charge is -2.15. The van der Waals surface area contributed by atoms with Crippen molar-refractivity contribution in [3.8, 4) is 11.4 Å².